The highest BCUT2D eigenvalue weighted by Crippen LogP contribution is 2.21. The lowest BCUT2D eigenvalue weighted by molar-refractivity contribution is -0.132. The second-order valence-electron chi connectivity index (χ2n) is 7.13. The van der Waals surface area contributed by atoms with E-state index in [-0.39, 0.29) is 36.5 Å². The molecule has 0 unspecified atom stereocenters. The van der Waals surface area contributed by atoms with Crippen molar-refractivity contribution in [3.63, 3.8) is 0 Å². The zero-order valence-electron chi connectivity index (χ0n) is 16.2. The van der Waals surface area contributed by atoms with Gasteiger partial charge in [-0.2, -0.15) is 0 Å². The Kier molecular flexibility index (Phi) is 6.80. The van der Waals surface area contributed by atoms with Gasteiger partial charge in [-0.15, -0.1) is 0 Å². The van der Waals surface area contributed by atoms with E-state index in [0.29, 0.717) is 18.7 Å². The van der Waals surface area contributed by atoms with E-state index in [1.807, 2.05) is 12.1 Å². The number of hydrogen-bond acceptors (Lipinski definition) is 3. The number of ether oxygens (including phenoxy) is 1. The molecule has 0 atom stereocenters. The third-order valence-electron chi connectivity index (χ3n) is 5.14. The molecule has 1 fully saturated rings. The second kappa shape index (κ2) is 9.49. The van der Waals surface area contributed by atoms with Crippen molar-refractivity contribution in [1.82, 2.24) is 4.90 Å². The van der Waals surface area contributed by atoms with E-state index in [2.05, 4.69) is 19.1 Å². The fraction of sp³-hybridized carbons (Fsp3) is 0.391. The number of rotatable bonds is 7. The van der Waals surface area contributed by atoms with Gasteiger partial charge >= 0.3 is 0 Å². The Morgan fingerprint density at radius 1 is 1.07 bits per heavy atom. The molecule has 0 aromatic heterocycles. The fourth-order valence-electron chi connectivity index (χ4n) is 3.41. The molecule has 5 heteroatoms. The van der Waals surface area contributed by atoms with Crippen molar-refractivity contribution in [2.24, 2.45) is 0 Å². The first-order chi connectivity index (χ1) is 13.5. The van der Waals surface area contributed by atoms with Gasteiger partial charge in [0.15, 0.2) is 5.78 Å². The predicted molar refractivity (Wildman–Crippen MR) is 106 cm³/mol. The highest BCUT2D eigenvalue weighted by atomic mass is 19.1. The van der Waals surface area contributed by atoms with Crippen LogP contribution in [-0.2, 0) is 11.2 Å². The Morgan fingerprint density at radius 3 is 2.46 bits per heavy atom. The van der Waals surface area contributed by atoms with Gasteiger partial charge in [0.1, 0.15) is 17.7 Å². The lowest BCUT2D eigenvalue weighted by Gasteiger charge is -2.32. The monoisotopic (exact) mass is 383 g/mol. The molecule has 0 radical (unpaired) electrons. The number of carbonyl (C=O) groups is 2. The highest BCUT2D eigenvalue weighted by molar-refractivity contribution is 5.97. The second-order valence-corrected chi connectivity index (χ2v) is 7.13. The van der Waals surface area contributed by atoms with Crippen LogP contribution in [0.2, 0.25) is 0 Å². The topological polar surface area (TPSA) is 46.6 Å². The molecule has 0 saturated carbocycles. The number of aryl methyl sites for hydroxylation is 1. The summed E-state index contributed by atoms with van der Waals surface area (Å²) in [4.78, 5) is 26.4. The van der Waals surface area contributed by atoms with E-state index in [0.717, 1.165) is 25.0 Å². The number of likely N-dealkylation sites (tertiary alicyclic amines) is 1. The summed E-state index contributed by atoms with van der Waals surface area (Å²) in [6.07, 6.45) is 2.98. The molecule has 0 aliphatic carbocycles. The Bertz CT molecular complexity index is 811. The van der Waals surface area contributed by atoms with Crippen molar-refractivity contribution in [3.05, 3.63) is 65.5 Å². The summed E-state index contributed by atoms with van der Waals surface area (Å²) in [6.45, 7) is 3.40. The van der Waals surface area contributed by atoms with Crippen LogP contribution in [0.3, 0.4) is 0 Å². The number of piperidine rings is 1. The standard InChI is InChI=1S/C23H26FNO3/c1-2-17-4-3-5-21(16-17)28-20-12-14-25(15-13-20)23(27)11-10-22(26)18-6-8-19(24)9-7-18/h3-9,16,20H,2,10-15H2,1H3. The maximum Gasteiger partial charge on any atom is 0.223 e. The van der Waals surface area contributed by atoms with Crippen LogP contribution in [0, 0.1) is 5.82 Å². The average molecular weight is 383 g/mol. The summed E-state index contributed by atoms with van der Waals surface area (Å²) in [6, 6.07) is 13.6. The first-order valence-electron chi connectivity index (χ1n) is 9.87. The molecule has 0 spiro atoms. The summed E-state index contributed by atoms with van der Waals surface area (Å²) in [5, 5.41) is 0. The number of halogens is 1. The Morgan fingerprint density at radius 2 is 1.79 bits per heavy atom. The largest absolute Gasteiger partial charge is 0.490 e. The van der Waals surface area contributed by atoms with Crippen LogP contribution in [0.1, 0.15) is 48.5 Å². The van der Waals surface area contributed by atoms with Crippen molar-refractivity contribution < 1.29 is 18.7 Å². The van der Waals surface area contributed by atoms with Gasteiger partial charge in [0.2, 0.25) is 5.91 Å². The SMILES string of the molecule is CCc1cccc(OC2CCN(C(=O)CCC(=O)c3ccc(F)cc3)CC2)c1. The quantitative estimate of drug-likeness (QED) is 0.665. The van der Waals surface area contributed by atoms with Crippen LogP contribution >= 0.6 is 0 Å². The molecule has 2 aromatic rings. The van der Waals surface area contributed by atoms with Crippen LogP contribution < -0.4 is 4.74 Å². The maximum absolute atomic E-state index is 12.9. The molecule has 1 amide bonds. The molecule has 28 heavy (non-hydrogen) atoms. The highest BCUT2D eigenvalue weighted by Gasteiger charge is 2.24. The third-order valence-corrected chi connectivity index (χ3v) is 5.14. The summed E-state index contributed by atoms with van der Waals surface area (Å²) in [5.41, 5.74) is 1.69. The van der Waals surface area contributed by atoms with Crippen LogP contribution in [0.4, 0.5) is 4.39 Å². The Labute approximate surface area is 165 Å². The molecule has 0 N–H and O–H groups in total. The summed E-state index contributed by atoms with van der Waals surface area (Å²) in [7, 11) is 0. The van der Waals surface area contributed by atoms with Gasteiger partial charge in [0.25, 0.3) is 0 Å². The van der Waals surface area contributed by atoms with Gasteiger partial charge in [-0.3, -0.25) is 9.59 Å². The third kappa shape index (κ3) is 5.41. The molecule has 1 saturated heterocycles. The van der Waals surface area contributed by atoms with Crippen LogP contribution in [0.5, 0.6) is 5.75 Å². The van der Waals surface area contributed by atoms with E-state index in [9.17, 15) is 14.0 Å². The minimum Gasteiger partial charge on any atom is -0.490 e. The van der Waals surface area contributed by atoms with Crippen molar-refractivity contribution in [2.75, 3.05) is 13.1 Å². The van der Waals surface area contributed by atoms with Gasteiger partial charge in [-0.05, 0) is 48.4 Å². The maximum atomic E-state index is 12.9. The smallest absolute Gasteiger partial charge is 0.223 e. The lowest BCUT2D eigenvalue weighted by Crippen LogP contribution is -2.41. The molecule has 1 aliphatic heterocycles. The molecule has 0 bridgehead atoms. The number of nitrogens with zero attached hydrogens (tertiary/aromatic N) is 1. The minimum atomic E-state index is -0.376. The normalized spacial score (nSPS) is 14.7. The van der Waals surface area contributed by atoms with Gasteiger partial charge in [-0.25, -0.2) is 4.39 Å². The predicted octanol–water partition coefficient (Wildman–Crippen LogP) is 4.42. The molecule has 2 aromatic carbocycles. The molecule has 148 valence electrons. The zero-order chi connectivity index (χ0) is 19.9. The van der Waals surface area contributed by atoms with E-state index in [1.165, 1.54) is 29.8 Å². The average Bonchev–Trinajstić information content (AvgIpc) is 2.73. The van der Waals surface area contributed by atoms with E-state index in [1.54, 1.807) is 4.90 Å². The molecule has 3 rings (SSSR count). The number of benzene rings is 2. The van der Waals surface area contributed by atoms with Gasteiger partial charge in [0.05, 0.1) is 0 Å². The molecular formula is C23H26FNO3. The first-order valence-corrected chi connectivity index (χ1v) is 9.87. The molecular weight excluding hydrogens is 357 g/mol. The van der Waals surface area contributed by atoms with Crippen LogP contribution in [-0.4, -0.2) is 35.8 Å². The summed E-state index contributed by atoms with van der Waals surface area (Å²) in [5.74, 6) is 0.359. The number of amides is 1. The van der Waals surface area contributed by atoms with Gasteiger partial charge in [0, 0.05) is 44.3 Å². The fourth-order valence-corrected chi connectivity index (χ4v) is 3.41. The molecule has 1 heterocycles. The Hall–Kier alpha value is -2.69. The van der Waals surface area contributed by atoms with Crippen molar-refractivity contribution in [2.45, 2.75) is 45.1 Å². The number of hydrogen-bond donors (Lipinski definition) is 0. The van der Waals surface area contributed by atoms with Crippen molar-refractivity contribution in [1.29, 1.82) is 0 Å². The van der Waals surface area contributed by atoms with Crippen LogP contribution in [0.25, 0.3) is 0 Å². The van der Waals surface area contributed by atoms with E-state index in [4.69, 9.17) is 4.74 Å². The summed E-state index contributed by atoms with van der Waals surface area (Å²) < 4.78 is 19.0. The summed E-state index contributed by atoms with van der Waals surface area (Å²) >= 11 is 0. The van der Waals surface area contributed by atoms with E-state index >= 15 is 0 Å². The van der Waals surface area contributed by atoms with Crippen molar-refractivity contribution >= 4 is 11.7 Å². The molecule has 4 nitrogen and oxygen atoms in total. The number of Topliss-reactive ketones (excluding diaryl/α,β-unsaturated/α-hetero) is 1. The minimum absolute atomic E-state index is 0.0121. The van der Waals surface area contributed by atoms with E-state index < -0.39 is 0 Å². The van der Waals surface area contributed by atoms with Gasteiger partial charge in [-0.1, -0.05) is 19.1 Å². The zero-order valence-corrected chi connectivity index (χ0v) is 16.2. The lowest BCUT2D eigenvalue weighted by atomic mass is 10.0. The van der Waals surface area contributed by atoms with Gasteiger partial charge < -0.3 is 9.64 Å². The first kappa shape index (κ1) is 20.1. The van der Waals surface area contributed by atoms with Crippen LogP contribution in [0.15, 0.2) is 48.5 Å². The number of carbonyl (C=O) groups excluding carboxylic acids is 2. The molecule has 1 aliphatic rings. The number of ketones is 1. The van der Waals surface area contributed by atoms with Crippen molar-refractivity contribution in [3.8, 4) is 5.75 Å². The Balaban J connectivity index is 1.43.